The monoisotopic (exact) mass is 249 g/mol. The number of nitrogens with zero attached hydrogens (tertiary/aromatic N) is 2. The maximum atomic E-state index is 12.5. The van der Waals surface area contributed by atoms with Crippen LogP contribution >= 0.6 is 0 Å². The average Bonchev–Trinajstić information content (AvgIpc) is 2.75. The molecule has 100 valence electrons. The summed E-state index contributed by atoms with van der Waals surface area (Å²) < 4.78 is 2.03. The summed E-state index contributed by atoms with van der Waals surface area (Å²) in [4.78, 5) is 14.4. The maximum Gasteiger partial charge on any atom is 0.270 e. The second-order valence-electron chi connectivity index (χ2n) is 5.40. The average molecular weight is 249 g/mol. The molecule has 1 aliphatic heterocycles. The Morgan fingerprint density at radius 2 is 2.28 bits per heavy atom. The van der Waals surface area contributed by atoms with E-state index in [1.165, 1.54) is 0 Å². The minimum Gasteiger partial charge on any atom is -0.344 e. The smallest absolute Gasteiger partial charge is 0.270 e. The fourth-order valence-corrected chi connectivity index (χ4v) is 2.77. The highest BCUT2D eigenvalue weighted by Gasteiger charge is 2.27. The highest BCUT2D eigenvalue weighted by atomic mass is 16.2. The largest absolute Gasteiger partial charge is 0.344 e. The third-order valence-corrected chi connectivity index (χ3v) is 3.49. The molecule has 2 atom stereocenters. The highest BCUT2D eigenvalue weighted by Crippen LogP contribution is 2.18. The van der Waals surface area contributed by atoms with Gasteiger partial charge in [0.1, 0.15) is 5.69 Å². The van der Waals surface area contributed by atoms with Crippen molar-refractivity contribution in [2.24, 2.45) is 11.7 Å². The van der Waals surface area contributed by atoms with Gasteiger partial charge in [-0.05, 0) is 30.9 Å². The first kappa shape index (κ1) is 13.1. The molecule has 2 heterocycles. The Hall–Kier alpha value is -1.29. The Bertz CT molecular complexity index is 403. The van der Waals surface area contributed by atoms with Gasteiger partial charge in [-0.1, -0.05) is 13.8 Å². The SMILES string of the molecule is CCCn1cccc1C(=O)N1CC(C)CC(N)C1. The Morgan fingerprint density at radius 1 is 1.50 bits per heavy atom. The summed E-state index contributed by atoms with van der Waals surface area (Å²) in [5.41, 5.74) is 6.79. The van der Waals surface area contributed by atoms with Gasteiger partial charge in [0.2, 0.25) is 0 Å². The van der Waals surface area contributed by atoms with Crippen molar-refractivity contribution in [3.05, 3.63) is 24.0 Å². The third kappa shape index (κ3) is 2.75. The van der Waals surface area contributed by atoms with Crippen molar-refractivity contribution in [3.63, 3.8) is 0 Å². The zero-order valence-corrected chi connectivity index (χ0v) is 11.3. The van der Waals surface area contributed by atoms with Crippen LogP contribution in [0.4, 0.5) is 0 Å². The van der Waals surface area contributed by atoms with Crippen LogP contribution in [0.5, 0.6) is 0 Å². The molecule has 2 rings (SSSR count). The lowest BCUT2D eigenvalue weighted by Crippen LogP contribution is -2.49. The molecule has 0 aromatic carbocycles. The van der Waals surface area contributed by atoms with Gasteiger partial charge in [0.05, 0.1) is 0 Å². The van der Waals surface area contributed by atoms with Gasteiger partial charge < -0.3 is 15.2 Å². The first-order valence-electron chi connectivity index (χ1n) is 6.81. The predicted molar refractivity (Wildman–Crippen MR) is 72.4 cm³/mol. The molecule has 2 unspecified atom stereocenters. The number of hydrogen-bond acceptors (Lipinski definition) is 2. The van der Waals surface area contributed by atoms with E-state index in [1.807, 2.05) is 27.8 Å². The van der Waals surface area contributed by atoms with Crippen LogP contribution in [0, 0.1) is 5.92 Å². The molecular formula is C14H23N3O. The number of aryl methyl sites for hydroxylation is 1. The van der Waals surface area contributed by atoms with Gasteiger partial charge in [0, 0.05) is 31.9 Å². The molecule has 0 saturated carbocycles. The van der Waals surface area contributed by atoms with Gasteiger partial charge in [-0.15, -0.1) is 0 Å². The van der Waals surface area contributed by atoms with Crippen molar-refractivity contribution in [1.82, 2.24) is 9.47 Å². The molecule has 1 fully saturated rings. The highest BCUT2D eigenvalue weighted by molar-refractivity contribution is 5.92. The molecule has 1 saturated heterocycles. The quantitative estimate of drug-likeness (QED) is 0.886. The van der Waals surface area contributed by atoms with Crippen LogP contribution < -0.4 is 5.73 Å². The van der Waals surface area contributed by atoms with Crippen molar-refractivity contribution < 1.29 is 4.79 Å². The fraction of sp³-hybridized carbons (Fsp3) is 0.643. The van der Waals surface area contributed by atoms with Crippen LogP contribution in [0.25, 0.3) is 0 Å². The van der Waals surface area contributed by atoms with E-state index in [-0.39, 0.29) is 11.9 Å². The Labute approximate surface area is 109 Å². The number of carbonyl (C=O) groups is 1. The van der Waals surface area contributed by atoms with Crippen LogP contribution in [-0.2, 0) is 6.54 Å². The number of carbonyl (C=O) groups excluding carboxylic acids is 1. The number of piperidine rings is 1. The van der Waals surface area contributed by atoms with Crippen molar-refractivity contribution in [1.29, 1.82) is 0 Å². The molecule has 0 radical (unpaired) electrons. The number of rotatable bonds is 3. The zero-order valence-electron chi connectivity index (χ0n) is 11.3. The van der Waals surface area contributed by atoms with Crippen LogP contribution in [0.1, 0.15) is 37.2 Å². The minimum absolute atomic E-state index is 0.118. The number of aromatic nitrogens is 1. The molecule has 1 aliphatic rings. The van der Waals surface area contributed by atoms with Gasteiger partial charge in [-0.2, -0.15) is 0 Å². The third-order valence-electron chi connectivity index (χ3n) is 3.49. The van der Waals surface area contributed by atoms with E-state index in [0.717, 1.165) is 31.6 Å². The minimum atomic E-state index is 0.118. The normalized spacial score (nSPS) is 24.3. The van der Waals surface area contributed by atoms with Crippen LogP contribution in [0.2, 0.25) is 0 Å². The number of amides is 1. The molecule has 1 aromatic rings. The summed E-state index contributed by atoms with van der Waals surface area (Å²) in [7, 11) is 0. The van der Waals surface area contributed by atoms with E-state index in [4.69, 9.17) is 5.73 Å². The van der Waals surface area contributed by atoms with Gasteiger partial charge in [-0.25, -0.2) is 0 Å². The second kappa shape index (κ2) is 5.57. The van der Waals surface area contributed by atoms with E-state index in [9.17, 15) is 4.79 Å². The van der Waals surface area contributed by atoms with Crippen molar-refractivity contribution in [2.75, 3.05) is 13.1 Å². The van der Waals surface area contributed by atoms with Crippen molar-refractivity contribution >= 4 is 5.91 Å². The summed E-state index contributed by atoms with van der Waals surface area (Å²) in [5, 5.41) is 0. The molecule has 0 spiro atoms. The van der Waals surface area contributed by atoms with E-state index < -0.39 is 0 Å². The zero-order chi connectivity index (χ0) is 13.1. The van der Waals surface area contributed by atoms with Gasteiger partial charge in [0.15, 0.2) is 0 Å². The lowest BCUT2D eigenvalue weighted by molar-refractivity contribution is 0.0650. The van der Waals surface area contributed by atoms with E-state index >= 15 is 0 Å². The van der Waals surface area contributed by atoms with Gasteiger partial charge in [0.25, 0.3) is 5.91 Å². The lowest BCUT2D eigenvalue weighted by atomic mass is 9.96. The summed E-state index contributed by atoms with van der Waals surface area (Å²) in [6.45, 7) is 6.67. The van der Waals surface area contributed by atoms with Gasteiger partial charge >= 0.3 is 0 Å². The van der Waals surface area contributed by atoms with E-state index in [0.29, 0.717) is 12.5 Å². The second-order valence-corrected chi connectivity index (χ2v) is 5.40. The molecular weight excluding hydrogens is 226 g/mol. The first-order chi connectivity index (χ1) is 8.61. The number of nitrogens with two attached hydrogens (primary N) is 1. The standard InChI is InChI=1S/C14H23N3O/c1-3-6-16-7-4-5-13(16)14(18)17-9-11(2)8-12(15)10-17/h4-5,7,11-12H,3,6,8-10,15H2,1-2H3. The summed E-state index contributed by atoms with van der Waals surface area (Å²) in [6.07, 6.45) is 4.02. The first-order valence-corrected chi connectivity index (χ1v) is 6.81. The molecule has 1 amide bonds. The summed E-state index contributed by atoms with van der Waals surface area (Å²) in [5.74, 6) is 0.614. The number of likely N-dealkylation sites (tertiary alicyclic amines) is 1. The summed E-state index contributed by atoms with van der Waals surface area (Å²) >= 11 is 0. The van der Waals surface area contributed by atoms with Gasteiger partial charge in [-0.3, -0.25) is 4.79 Å². The molecule has 1 aromatic heterocycles. The van der Waals surface area contributed by atoms with Crippen molar-refractivity contribution in [2.45, 2.75) is 39.3 Å². The maximum absolute atomic E-state index is 12.5. The number of hydrogen-bond donors (Lipinski definition) is 1. The Kier molecular flexibility index (Phi) is 4.07. The Balaban J connectivity index is 2.12. The van der Waals surface area contributed by atoms with Crippen LogP contribution in [0.15, 0.2) is 18.3 Å². The molecule has 0 bridgehead atoms. The Morgan fingerprint density at radius 3 is 2.94 bits per heavy atom. The van der Waals surface area contributed by atoms with Crippen molar-refractivity contribution in [3.8, 4) is 0 Å². The van der Waals surface area contributed by atoms with Crippen LogP contribution in [0.3, 0.4) is 0 Å². The molecule has 4 nitrogen and oxygen atoms in total. The summed E-state index contributed by atoms with van der Waals surface area (Å²) in [6, 6.07) is 3.96. The van der Waals surface area contributed by atoms with E-state index in [2.05, 4.69) is 13.8 Å². The topological polar surface area (TPSA) is 51.3 Å². The van der Waals surface area contributed by atoms with E-state index in [1.54, 1.807) is 0 Å². The fourth-order valence-electron chi connectivity index (χ4n) is 2.77. The lowest BCUT2D eigenvalue weighted by Gasteiger charge is -2.34. The predicted octanol–water partition coefficient (Wildman–Crippen LogP) is 1.71. The molecule has 18 heavy (non-hydrogen) atoms. The molecule has 4 heteroatoms. The van der Waals surface area contributed by atoms with Crippen LogP contribution in [-0.4, -0.2) is 34.5 Å². The molecule has 0 aliphatic carbocycles. The molecule has 2 N–H and O–H groups in total.